The molecular weight excluding hydrogens is 402 g/mol. The van der Waals surface area contributed by atoms with Gasteiger partial charge in [-0.2, -0.15) is 0 Å². The normalized spacial score (nSPS) is 6.78. The Labute approximate surface area is 126 Å². The van der Waals surface area contributed by atoms with Crippen LogP contribution < -0.4 is 4.74 Å². The summed E-state index contributed by atoms with van der Waals surface area (Å²) in [6.45, 7) is 11.9. The molecule has 4 heteroatoms. The predicted octanol–water partition coefficient (Wildman–Crippen LogP) is 3.62. The Hall–Kier alpha value is -0.688. The van der Waals surface area contributed by atoms with Crippen LogP contribution in [-0.2, 0) is 36.6 Å². The van der Waals surface area contributed by atoms with E-state index in [1.807, 2.05) is 52.0 Å². The quantitative estimate of drug-likeness (QED) is 0.546. The van der Waals surface area contributed by atoms with Crippen LogP contribution in [0.1, 0.15) is 33.3 Å². The fourth-order valence-electron chi connectivity index (χ4n) is 0.888. The van der Waals surface area contributed by atoms with Crippen molar-refractivity contribution in [3.05, 3.63) is 29.8 Å². The van der Waals surface area contributed by atoms with Crippen LogP contribution in [0.5, 0.6) is 5.75 Å². The third-order valence-corrected chi connectivity index (χ3v) is 1.47. The van der Waals surface area contributed by atoms with E-state index < -0.39 is 0 Å². The molecular formula is C14H25O3Re-. The molecule has 107 valence electrons. The smallest absolute Gasteiger partial charge is 0.118 e. The molecule has 0 saturated heterocycles. The number of hydrogen-bond donors (Lipinski definition) is 0. The van der Waals surface area contributed by atoms with E-state index in [9.17, 15) is 0 Å². The Kier molecular flexibility index (Phi) is 36.4. The second-order valence-electron chi connectivity index (χ2n) is 2.28. The summed E-state index contributed by atoms with van der Waals surface area (Å²) in [5.41, 5.74) is 1.16. The molecule has 0 aliphatic carbocycles. The molecule has 1 aromatic carbocycles. The SMILES string of the molecule is CC.CC.COCc1ccc(OC)cc1.[CH-]=O.[Re]. The van der Waals surface area contributed by atoms with Crippen molar-refractivity contribution in [3.8, 4) is 5.75 Å². The summed E-state index contributed by atoms with van der Waals surface area (Å²) in [6.07, 6.45) is 0. The van der Waals surface area contributed by atoms with Crippen LogP contribution in [0.3, 0.4) is 0 Å². The standard InChI is InChI=1S/C9H12O2.2C2H6.CHO.Re/c1-10-7-8-3-5-9(11-2)6-4-8;3*1-2;/h3-6H,7H2,1-2H3;2*1-2H3;1H;/q;;;-1;. The van der Waals surface area contributed by atoms with Gasteiger partial charge in [0, 0.05) is 27.5 Å². The maximum atomic E-state index is 7.75. The first-order valence-corrected chi connectivity index (χ1v) is 5.72. The number of carbonyl (C=O) groups excluding carboxylic acids is 1. The van der Waals surface area contributed by atoms with Crippen molar-refractivity contribution in [2.24, 2.45) is 0 Å². The molecule has 0 fully saturated rings. The Balaban J connectivity index is -0.000000123. The van der Waals surface area contributed by atoms with E-state index in [2.05, 4.69) is 6.79 Å². The van der Waals surface area contributed by atoms with Gasteiger partial charge in [-0.3, -0.25) is 6.79 Å². The van der Waals surface area contributed by atoms with Crippen LogP contribution in [0.15, 0.2) is 24.3 Å². The van der Waals surface area contributed by atoms with Gasteiger partial charge in [-0.25, -0.2) is 0 Å². The fourth-order valence-corrected chi connectivity index (χ4v) is 0.888. The minimum absolute atomic E-state index is 0. The molecule has 0 aliphatic heterocycles. The van der Waals surface area contributed by atoms with E-state index in [0.717, 1.165) is 11.3 Å². The molecule has 18 heavy (non-hydrogen) atoms. The van der Waals surface area contributed by atoms with E-state index in [4.69, 9.17) is 14.3 Å². The summed E-state index contributed by atoms with van der Waals surface area (Å²) in [7, 11) is 3.34. The summed E-state index contributed by atoms with van der Waals surface area (Å²) < 4.78 is 9.97. The minimum atomic E-state index is 0. The van der Waals surface area contributed by atoms with E-state index in [1.165, 1.54) is 0 Å². The Morgan fingerprint density at radius 1 is 0.944 bits per heavy atom. The van der Waals surface area contributed by atoms with Gasteiger partial charge < -0.3 is 14.3 Å². The van der Waals surface area contributed by atoms with Gasteiger partial charge in [0.15, 0.2) is 0 Å². The number of hydrogen-bond acceptors (Lipinski definition) is 3. The van der Waals surface area contributed by atoms with Gasteiger partial charge in [-0.15, -0.1) is 0 Å². The Morgan fingerprint density at radius 3 is 1.61 bits per heavy atom. The first kappa shape index (κ1) is 26.0. The maximum absolute atomic E-state index is 7.75. The third-order valence-electron chi connectivity index (χ3n) is 1.47. The van der Waals surface area contributed by atoms with Crippen molar-refractivity contribution in [1.29, 1.82) is 0 Å². The molecule has 0 aromatic heterocycles. The van der Waals surface area contributed by atoms with Crippen LogP contribution >= 0.6 is 0 Å². The van der Waals surface area contributed by atoms with E-state index >= 15 is 0 Å². The zero-order chi connectivity index (χ0) is 14.1. The fraction of sp³-hybridized carbons (Fsp3) is 0.500. The zero-order valence-corrected chi connectivity index (χ0v) is 14.9. The summed E-state index contributed by atoms with van der Waals surface area (Å²) in [4.78, 5) is 7.75. The second kappa shape index (κ2) is 25.2. The van der Waals surface area contributed by atoms with Crippen molar-refractivity contribution in [2.45, 2.75) is 34.3 Å². The van der Waals surface area contributed by atoms with Crippen LogP contribution in [-0.4, -0.2) is 21.0 Å². The van der Waals surface area contributed by atoms with Gasteiger partial charge in [0.05, 0.1) is 13.7 Å². The zero-order valence-electron chi connectivity index (χ0n) is 12.2. The topological polar surface area (TPSA) is 35.5 Å². The predicted molar refractivity (Wildman–Crippen MR) is 73.2 cm³/mol. The van der Waals surface area contributed by atoms with Gasteiger partial charge in [0.1, 0.15) is 5.75 Å². The molecule has 0 heterocycles. The van der Waals surface area contributed by atoms with E-state index in [0.29, 0.717) is 6.61 Å². The number of rotatable bonds is 3. The number of benzene rings is 1. The molecule has 0 aliphatic rings. The molecule has 0 unspecified atom stereocenters. The van der Waals surface area contributed by atoms with Crippen molar-refractivity contribution in [2.75, 3.05) is 14.2 Å². The summed E-state index contributed by atoms with van der Waals surface area (Å²) in [5, 5.41) is 0. The summed E-state index contributed by atoms with van der Waals surface area (Å²) in [6, 6.07) is 7.83. The minimum Gasteiger partial charge on any atom is -0.545 e. The van der Waals surface area contributed by atoms with Crippen LogP contribution in [0.4, 0.5) is 0 Å². The number of methoxy groups -OCH3 is 2. The van der Waals surface area contributed by atoms with Crippen molar-refractivity contribution < 1.29 is 34.7 Å². The molecule has 0 spiro atoms. The molecule has 0 atom stereocenters. The average Bonchev–Trinajstić information content (AvgIpc) is 2.46. The molecule has 1 radical (unpaired) electrons. The van der Waals surface area contributed by atoms with E-state index in [-0.39, 0.29) is 20.4 Å². The van der Waals surface area contributed by atoms with Crippen LogP contribution in [0.2, 0.25) is 0 Å². The molecule has 3 nitrogen and oxygen atoms in total. The van der Waals surface area contributed by atoms with Gasteiger partial charge in [0.2, 0.25) is 0 Å². The number of ether oxygens (including phenoxy) is 2. The van der Waals surface area contributed by atoms with Gasteiger partial charge >= 0.3 is 0 Å². The van der Waals surface area contributed by atoms with Crippen molar-refractivity contribution in [3.63, 3.8) is 0 Å². The maximum Gasteiger partial charge on any atom is 0.118 e. The second-order valence-corrected chi connectivity index (χ2v) is 2.28. The van der Waals surface area contributed by atoms with Crippen molar-refractivity contribution >= 4 is 6.79 Å². The molecule has 1 aromatic rings. The third kappa shape index (κ3) is 15.3. The Bertz CT molecular complexity index is 225. The first-order chi connectivity index (χ1) is 8.36. The average molecular weight is 428 g/mol. The summed E-state index contributed by atoms with van der Waals surface area (Å²) in [5.74, 6) is 0.879. The van der Waals surface area contributed by atoms with E-state index in [1.54, 1.807) is 14.2 Å². The molecule has 0 bridgehead atoms. The largest absolute Gasteiger partial charge is 0.545 e. The van der Waals surface area contributed by atoms with Crippen LogP contribution in [0, 0.1) is 0 Å². The van der Waals surface area contributed by atoms with Crippen molar-refractivity contribution in [1.82, 2.24) is 0 Å². The Morgan fingerprint density at radius 2 is 1.33 bits per heavy atom. The molecule has 0 N–H and O–H groups in total. The van der Waals surface area contributed by atoms with Gasteiger partial charge in [0.25, 0.3) is 0 Å². The first-order valence-electron chi connectivity index (χ1n) is 5.72. The molecule has 0 amide bonds. The molecule has 0 saturated carbocycles. The summed E-state index contributed by atoms with van der Waals surface area (Å²) >= 11 is 0. The van der Waals surface area contributed by atoms with Gasteiger partial charge in [-0.05, 0) is 17.7 Å². The van der Waals surface area contributed by atoms with Crippen LogP contribution in [0.25, 0.3) is 0 Å². The van der Waals surface area contributed by atoms with Gasteiger partial charge in [-0.1, -0.05) is 39.8 Å². The molecule has 1 rings (SSSR count). The monoisotopic (exact) mass is 428 g/mol.